The number of carbonyl (C=O) groups excluding carboxylic acids is 2. The lowest BCUT2D eigenvalue weighted by molar-refractivity contribution is -0.140. The van der Waals surface area contributed by atoms with E-state index in [4.69, 9.17) is 34.8 Å². The number of nitrogens with zero attached hydrogens (tertiary/aromatic N) is 1. The van der Waals surface area contributed by atoms with Crippen LogP contribution in [-0.2, 0) is 22.6 Å². The van der Waals surface area contributed by atoms with Crippen LogP contribution in [0.25, 0.3) is 0 Å². The van der Waals surface area contributed by atoms with E-state index in [2.05, 4.69) is 5.32 Å². The lowest BCUT2D eigenvalue weighted by Crippen LogP contribution is -2.48. The molecule has 1 unspecified atom stereocenters. The van der Waals surface area contributed by atoms with E-state index in [0.717, 1.165) is 0 Å². The predicted molar refractivity (Wildman–Crippen MR) is 110 cm³/mol. The maximum atomic E-state index is 13.0. The predicted octanol–water partition coefficient (Wildman–Crippen LogP) is 4.74. The van der Waals surface area contributed by atoms with Gasteiger partial charge in [-0.3, -0.25) is 9.59 Å². The van der Waals surface area contributed by atoms with Gasteiger partial charge in [0.25, 0.3) is 0 Å². The highest BCUT2D eigenvalue weighted by atomic mass is 35.5. The molecule has 0 saturated heterocycles. The zero-order chi connectivity index (χ0) is 20.0. The van der Waals surface area contributed by atoms with E-state index >= 15 is 0 Å². The Balaban J connectivity index is 2.29. The van der Waals surface area contributed by atoms with Crippen molar-refractivity contribution < 1.29 is 9.59 Å². The van der Waals surface area contributed by atoms with Crippen molar-refractivity contribution in [2.45, 2.75) is 32.9 Å². The molecule has 1 atom stereocenters. The summed E-state index contributed by atoms with van der Waals surface area (Å²) >= 11 is 18.4. The molecule has 144 valence electrons. The zero-order valence-electron chi connectivity index (χ0n) is 15.1. The average Bonchev–Trinajstić information content (AvgIpc) is 2.62. The van der Waals surface area contributed by atoms with Crippen molar-refractivity contribution in [3.8, 4) is 0 Å². The van der Waals surface area contributed by atoms with Gasteiger partial charge in [-0.1, -0.05) is 59.1 Å². The minimum Gasteiger partial charge on any atom is -0.355 e. The lowest BCUT2D eigenvalue weighted by atomic mass is 10.1. The summed E-state index contributed by atoms with van der Waals surface area (Å²) in [6, 6.07) is 11.6. The monoisotopic (exact) mass is 426 g/mol. The molecule has 27 heavy (non-hydrogen) atoms. The number of amides is 2. The van der Waals surface area contributed by atoms with Crippen molar-refractivity contribution in [2.75, 3.05) is 6.54 Å². The molecule has 0 aliphatic carbocycles. The molecule has 1 N–H and O–H groups in total. The summed E-state index contributed by atoms with van der Waals surface area (Å²) in [6.07, 6.45) is 0.0919. The van der Waals surface area contributed by atoms with E-state index in [1.54, 1.807) is 43.3 Å². The molecule has 0 fully saturated rings. The Kier molecular flexibility index (Phi) is 7.96. The van der Waals surface area contributed by atoms with Crippen molar-refractivity contribution in [3.63, 3.8) is 0 Å². The normalized spacial score (nSPS) is 11.7. The fraction of sp³-hybridized carbons (Fsp3) is 0.300. The molecule has 0 bridgehead atoms. The second-order valence-electron chi connectivity index (χ2n) is 6.10. The van der Waals surface area contributed by atoms with Crippen molar-refractivity contribution in [2.24, 2.45) is 0 Å². The third-order valence-corrected chi connectivity index (χ3v) is 5.13. The fourth-order valence-corrected chi connectivity index (χ4v) is 3.32. The minimum absolute atomic E-state index is 0.0919. The number of carbonyl (C=O) groups is 2. The van der Waals surface area contributed by atoms with Crippen LogP contribution in [0.15, 0.2) is 42.5 Å². The Morgan fingerprint density at radius 3 is 2.37 bits per heavy atom. The van der Waals surface area contributed by atoms with E-state index < -0.39 is 6.04 Å². The first-order valence-electron chi connectivity index (χ1n) is 8.58. The number of nitrogens with one attached hydrogen (secondary N) is 1. The molecule has 2 aromatic carbocycles. The third-order valence-electron chi connectivity index (χ3n) is 4.17. The number of rotatable bonds is 7. The summed E-state index contributed by atoms with van der Waals surface area (Å²) in [5.41, 5.74) is 1.42. The summed E-state index contributed by atoms with van der Waals surface area (Å²) in [5, 5.41) is 4.22. The topological polar surface area (TPSA) is 49.4 Å². The summed E-state index contributed by atoms with van der Waals surface area (Å²) in [6.45, 7) is 4.20. The molecule has 0 aliphatic heterocycles. The Hall–Kier alpha value is -1.75. The number of hydrogen-bond donors (Lipinski definition) is 1. The van der Waals surface area contributed by atoms with Crippen LogP contribution in [0, 0.1) is 0 Å². The second kappa shape index (κ2) is 9.98. The first-order valence-corrected chi connectivity index (χ1v) is 9.71. The van der Waals surface area contributed by atoms with Crippen molar-refractivity contribution >= 4 is 46.6 Å². The van der Waals surface area contributed by atoms with Gasteiger partial charge in [-0.05, 0) is 43.2 Å². The molecular formula is C20H21Cl3N2O2. The first-order chi connectivity index (χ1) is 12.8. The van der Waals surface area contributed by atoms with E-state index in [-0.39, 0.29) is 24.8 Å². The van der Waals surface area contributed by atoms with Gasteiger partial charge in [0, 0.05) is 28.2 Å². The fourth-order valence-electron chi connectivity index (χ4n) is 2.64. The van der Waals surface area contributed by atoms with Gasteiger partial charge < -0.3 is 10.2 Å². The maximum Gasteiger partial charge on any atom is 0.242 e. The lowest BCUT2D eigenvalue weighted by Gasteiger charge is -2.29. The van der Waals surface area contributed by atoms with Gasteiger partial charge in [-0.15, -0.1) is 0 Å². The van der Waals surface area contributed by atoms with Crippen LogP contribution >= 0.6 is 34.8 Å². The average molecular weight is 428 g/mol. The quantitative estimate of drug-likeness (QED) is 0.693. The van der Waals surface area contributed by atoms with Crippen LogP contribution in [0.1, 0.15) is 25.0 Å². The molecule has 0 aromatic heterocycles. The summed E-state index contributed by atoms with van der Waals surface area (Å²) < 4.78 is 0. The molecule has 0 spiro atoms. The first kappa shape index (κ1) is 21.5. The molecule has 2 amide bonds. The number of benzene rings is 2. The molecule has 7 heteroatoms. The van der Waals surface area contributed by atoms with Gasteiger partial charge in [0.1, 0.15) is 6.04 Å². The molecule has 0 heterocycles. The van der Waals surface area contributed by atoms with E-state index in [1.807, 2.05) is 13.0 Å². The molecular weight excluding hydrogens is 407 g/mol. The van der Waals surface area contributed by atoms with Gasteiger partial charge in [-0.2, -0.15) is 0 Å². The number of halogens is 3. The molecule has 0 radical (unpaired) electrons. The minimum atomic E-state index is -0.660. The smallest absolute Gasteiger partial charge is 0.242 e. The summed E-state index contributed by atoms with van der Waals surface area (Å²) in [5.74, 6) is -0.442. The van der Waals surface area contributed by atoms with E-state index in [9.17, 15) is 9.59 Å². The largest absolute Gasteiger partial charge is 0.355 e. The second-order valence-corrected chi connectivity index (χ2v) is 7.35. The van der Waals surface area contributed by atoms with E-state index in [0.29, 0.717) is 32.7 Å². The highest BCUT2D eigenvalue weighted by Crippen LogP contribution is 2.24. The van der Waals surface area contributed by atoms with Crippen LogP contribution < -0.4 is 5.32 Å². The van der Waals surface area contributed by atoms with Crippen molar-refractivity contribution in [1.82, 2.24) is 10.2 Å². The summed E-state index contributed by atoms with van der Waals surface area (Å²) in [4.78, 5) is 26.9. The van der Waals surface area contributed by atoms with Crippen molar-refractivity contribution in [3.05, 3.63) is 68.7 Å². The molecule has 2 rings (SSSR count). The zero-order valence-corrected chi connectivity index (χ0v) is 17.4. The van der Waals surface area contributed by atoms with Crippen LogP contribution in [-0.4, -0.2) is 29.3 Å². The Bertz CT molecular complexity index is 827. The molecule has 0 aliphatic rings. The third kappa shape index (κ3) is 5.86. The molecule has 2 aromatic rings. The molecule has 0 saturated carbocycles. The van der Waals surface area contributed by atoms with Gasteiger partial charge in [0.15, 0.2) is 0 Å². The van der Waals surface area contributed by atoms with Gasteiger partial charge in [-0.25, -0.2) is 0 Å². The number of likely N-dealkylation sites (N-methyl/N-ethyl adjacent to an activating group) is 1. The summed E-state index contributed by atoms with van der Waals surface area (Å²) in [7, 11) is 0. The van der Waals surface area contributed by atoms with Crippen LogP contribution in [0.5, 0.6) is 0 Å². The standard InChI is InChI=1S/C20H21Cl3N2O2/c1-3-24-20(27)13(2)25(12-15-8-9-16(21)11-18(15)23)19(26)10-14-6-4-5-7-17(14)22/h4-9,11,13H,3,10,12H2,1-2H3,(H,24,27). The van der Waals surface area contributed by atoms with Crippen LogP contribution in [0.4, 0.5) is 0 Å². The Morgan fingerprint density at radius 2 is 1.74 bits per heavy atom. The Morgan fingerprint density at radius 1 is 1.04 bits per heavy atom. The van der Waals surface area contributed by atoms with Gasteiger partial charge in [0.05, 0.1) is 6.42 Å². The van der Waals surface area contributed by atoms with Crippen LogP contribution in [0.2, 0.25) is 15.1 Å². The molecule has 4 nitrogen and oxygen atoms in total. The van der Waals surface area contributed by atoms with Gasteiger partial charge >= 0.3 is 0 Å². The Labute approximate surface area is 174 Å². The van der Waals surface area contributed by atoms with E-state index in [1.165, 1.54) is 4.90 Å². The number of hydrogen-bond acceptors (Lipinski definition) is 2. The maximum absolute atomic E-state index is 13.0. The highest BCUT2D eigenvalue weighted by Gasteiger charge is 2.26. The SMILES string of the molecule is CCNC(=O)C(C)N(Cc1ccc(Cl)cc1Cl)C(=O)Cc1ccccc1Cl. The van der Waals surface area contributed by atoms with Crippen LogP contribution in [0.3, 0.4) is 0 Å². The van der Waals surface area contributed by atoms with Crippen molar-refractivity contribution in [1.29, 1.82) is 0 Å². The van der Waals surface area contributed by atoms with Gasteiger partial charge in [0.2, 0.25) is 11.8 Å². The highest BCUT2D eigenvalue weighted by molar-refractivity contribution is 6.35.